The van der Waals surface area contributed by atoms with Gasteiger partial charge in [-0.05, 0) is 13.3 Å². The molecule has 0 radical (unpaired) electrons. The first kappa shape index (κ1) is 13.4. The summed E-state index contributed by atoms with van der Waals surface area (Å²) >= 11 is 0. The average molecular weight is 238 g/mol. The summed E-state index contributed by atoms with van der Waals surface area (Å²) in [6, 6.07) is -0.195. The third kappa shape index (κ3) is 4.78. The summed E-state index contributed by atoms with van der Waals surface area (Å²) in [5, 5.41) is 2.67. The van der Waals surface area contributed by atoms with Crippen LogP contribution in [-0.2, 0) is 4.74 Å². The Morgan fingerprint density at radius 2 is 2.24 bits per heavy atom. The van der Waals surface area contributed by atoms with Crippen LogP contribution in [0.1, 0.15) is 12.1 Å². The summed E-state index contributed by atoms with van der Waals surface area (Å²) in [5.74, 6) is 0.458. The van der Waals surface area contributed by atoms with Gasteiger partial charge < -0.3 is 9.64 Å². The quantitative estimate of drug-likeness (QED) is 0.785. The summed E-state index contributed by atoms with van der Waals surface area (Å²) < 4.78 is 4.92. The van der Waals surface area contributed by atoms with E-state index in [2.05, 4.69) is 15.3 Å². The zero-order valence-corrected chi connectivity index (χ0v) is 10.4. The molecule has 0 fully saturated rings. The smallest absolute Gasteiger partial charge is 0.322 e. The van der Waals surface area contributed by atoms with E-state index in [-0.39, 0.29) is 6.03 Å². The number of aryl methyl sites for hydroxylation is 1. The fourth-order valence-electron chi connectivity index (χ4n) is 1.21. The standard InChI is InChI=1S/C11H18N4O2/c1-9-7-13-10(8-12-9)14-11(16)15(2)5-4-6-17-3/h7-8H,4-6H2,1-3H3,(H,13,14,16). The van der Waals surface area contributed by atoms with Gasteiger partial charge in [0.2, 0.25) is 0 Å². The molecule has 0 aliphatic carbocycles. The molecule has 1 rings (SSSR count). The van der Waals surface area contributed by atoms with Crippen molar-refractivity contribution in [2.45, 2.75) is 13.3 Å². The van der Waals surface area contributed by atoms with Crippen LogP contribution in [0, 0.1) is 6.92 Å². The van der Waals surface area contributed by atoms with Crippen LogP contribution in [-0.4, -0.2) is 48.2 Å². The Balaban J connectivity index is 2.40. The number of urea groups is 1. The molecule has 2 amide bonds. The van der Waals surface area contributed by atoms with Gasteiger partial charge in [-0.25, -0.2) is 9.78 Å². The van der Waals surface area contributed by atoms with E-state index in [4.69, 9.17) is 4.74 Å². The van der Waals surface area contributed by atoms with Crippen molar-refractivity contribution < 1.29 is 9.53 Å². The Kier molecular flexibility index (Phi) is 5.35. The first-order valence-electron chi connectivity index (χ1n) is 5.43. The number of hydrogen-bond acceptors (Lipinski definition) is 4. The average Bonchev–Trinajstić information content (AvgIpc) is 2.32. The molecule has 1 aromatic heterocycles. The highest BCUT2D eigenvalue weighted by Crippen LogP contribution is 2.01. The number of anilines is 1. The van der Waals surface area contributed by atoms with Gasteiger partial charge in [-0.15, -0.1) is 0 Å². The summed E-state index contributed by atoms with van der Waals surface area (Å²) in [6.45, 7) is 3.12. The summed E-state index contributed by atoms with van der Waals surface area (Å²) in [7, 11) is 3.37. The number of rotatable bonds is 5. The maximum Gasteiger partial charge on any atom is 0.322 e. The molecule has 6 heteroatoms. The Hall–Kier alpha value is -1.69. The van der Waals surface area contributed by atoms with E-state index in [1.165, 1.54) is 6.20 Å². The van der Waals surface area contributed by atoms with Crippen molar-refractivity contribution >= 4 is 11.8 Å². The SMILES string of the molecule is COCCCN(C)C(=O)Nc1cnc(C)cn1. The number of carbonyl (C=O) groups excluding carboxylic acids is 1. The second kappa shape index (κ2) is 6.80. The highest BCUT2D eigenvalue weighted by Gasteiger charge is 2.08. The summed E-state index contributed by atoms with van der Waals surface area (Å²) in [4.78, 5) is 21.4. The van der Waals surface area contributed by atoms with Crippen molar-refractivity contribution in [3.8, 4) is 0 Å². The van der Waals surface area contributed by atoms with E-state index in [9.17, 15) is 4.79 Å². The molecule has 17 heavy (non-hydrogen) atoms. The molecule has 1 aromatic rings. The lowest BCUT2D eigenvalue weighted by Crippen LogP contribution is -2.32. The summed E-state index contributed by atoms with van der Waals surface area (Å²) in [6.07, 6.45) is 3.96. The van der Waals surface area contributed by atoms with Gasteiger partial charge >= 0.3 is 6.03 Å². The van der Waals surface area contributed by atoms with Crippen LogP contribution in [0.4, 0.5) is 10.6 Å². The van der Waals surface area contributed by atoms with Crippen molar-refractivity contribution in [2.75, 3.05) is 32.6 Å². The van der Waals surface area contributed by atoms with Gasteiger partial charge in [0.1, 0.15) is 0 Å². The van der Waals surface area contributed by atoms with Gasteiger partial charge in [0, 0.05) is 27.3 Å². The van der Waals surface area contributed by atoms with Crippen LogP contribution in [0.5, 0.6) is 0 Å². The van der Waals surface area contributed by atoms with Crippen molar-refractivity contribution in [2.24, 2.45) is 0 Å². The molecule has 1 N–H and O–H groups in total. The zero-order valence-electron chi connectivity index (χ0n) is 10.4. The molecule has 0 saturated heterocycles. The van der Waals surface area contributed by atoms with E-state index < -0.39 is 0 Å². The van der Waals surface area contributed by atoms with Gasteiger partial charge in [0.05, 0.1) is 18.1 Å². The van der Waals surface area contributed by atoms with E-state index in [1.807, 2.05) is 6.92 Å². The predicted octanol–water partition coefficient (Wildman–Crippen LogP) is 1.29. The third-order valence-electron chi connectivity index (χ3n) is 2.20. The van der Waals surface area contributed by atoms with Gasteiger partial charge in [0.25, 0.3) is 0 Å². The highest BCUT2D eigenvalue weighted by atomic mass is 16.5. The Morgan fingerprint density at radius 3 is 2.82 bits per heavy atom. The molecule has 0 atom stereocenters. The van der Waals surface area contributed by atoms with E-state index in [0.717, 1.165) is 12.1 Å². The Labute approximate surface area is 101 Å². The second-order valence-electron chi connectivity index (χ2n) is 3.74. The van der Waals surface area contributed by atoms with Crippen molar-refractivity contribution in [3.05, 3.63) is 18.1 Å². The molecular weight excluding hydrogens is 220 g/mol. The molecule has 0 aliphatic heterocycles. The minimum atomic E-state index is -0.195. The number of hydrogen-bond donors (Lipinski definition) is 1. The number of nitrogens with zero attached hydrogens (tertiary/aromatic N) is 3. The minimum Gasteiger partial charge on any atom is -0.385 e. The maximum atomic E-state index is 11.7. The largest absolute Gasteiger partial charge is 0.385 e. The molecular formula is C11H18N4O2. The van der Waals surface area contributed by atoms with E-state index in [1.54, 1.807) is 25.3 Å². The minimum absolute atomic E-state index is 0.195. The van der Waals surface area contributed by atoms with Crippen molar-refractivity contribution in [1.29, 1.82) is 0 Å². The molecule has 94 valence electrons. The van der Waals surface area contributed by atoms with Gasteiger partial charge in [-0.2, -0.15) is 0 Å². The normalized spacial score (nSPS) is 10.1. The number of aromatic nitrogens is 2. The third-order valence-corrected chi connectivity index (χ3v) is 2.20. The monoisotopic (exact) mass is 238 g/mol. The Bertz CT molecular complexity index is 353. The van der Waals surface area contributed by atoms with Crippen LogP contribution < -0.4 is 5.32 Å². The topological polar surface area (TPSA) is 67.3 Å². The van der Waals surface area contributed by atoms with Gasteiger partial charge in [-0.1, -0.05) is 0 Å². The van der Waals surface area contributed by atoms with Crippen LogP contribution in [0.3, 0.4) is 0 Å². The fraction of sp³-hybridized carbons (Fsp3) is 0.545. The van der Waals surface area contributed by atoms with Gasteiger partial charge in [0.15, 0.2) is 5.82 Å². The number of carbonyl (C=O) groups is 1. The molecule has 0 aliphatic rings. The molecule has 0 saturated carbocycles. The lowest BCUT2D eigenvalue weighted by Gasteiger charge is -2.17. The second-order valence-corrected chi connectivity index (χ2v) is 3.74. The highest BCUT2D eigenvalue weighted by molar-refractivity contribution is 5.87. The number of ether oxygens (including phenoxy) is 1. The molecule has 6 nitrogen and oxygen atoms in total. The van der Waals surface area contributed by atoms with Crippen LogP contribution >= 0.6 is 0 Å². The molecule has 0 unspecified atom stereocenters. The van der Waals surface area contributed by atoms with E-state index in [0.29, 0.717) is 19.0 Å². The number of amides is 2. The zero-order chi connectivity index (χ0) is 12.7. The lowest BCUT2D eigenvalue weighted by molar-refractivity contribution is 0.179. The lowest BCUT2D eigenvalue weighted by atomic mass is 10.4. The first-order chi connectivity index (χ1) is 8.13. The maximum absolute atomic E-state index is 11.7. The number of nitrogens with one attached hydrogen (secondary N) is 1. The van der Waals surface area contributed by atoms with Crippen LogP contribution in [0.25, 0.3) is 0 Å². The van der Waals surface area contributed by atoms with Crippen molar-refractivity contribution in [1.82, 2.24) is 14.9 Å². The van der Waals surface area contributed by atoms with Crippen molar-refractivity contribution in [3.63, 3.8) is 0 Å². The predicted molar refractivity (Wildman–Crippen MR) is 64.9 cm³/mol. The number of methoxy groups -OCH3 is 1. The molecule has 1 heterocycles. The van der Waals surface area contributed by atoms with Gasteiger partial charge in [-0.3, -0.25) is 10.3 Å². The fourth-order valence-corrected chi connectivity index (χ4v) is 1.21. The molecule has 0 bridgehead atoms. The van der Waals surface area contributed by atoms with E-state index >= 15 is 0 Å². The van der Waals surface area contributed by atoms with Crippen LogP contribution in [0.15, 0.2) is 12.4 Å². The Morgan fingerprint density at radius 1 is 1.47 bits per heavy atom. The molecule has 0 spiro atoms. The van der Waals surface area contributed by atoms with Crippen LogP contribution in [0.2, 0.25) is 0 Å². The molecule has 0 aromatic carbocycles. The summed E-state index contributed by atoms with van der Waals surface area (Å²) in [5.41, 5.74) is 0.816. The first-order valence-corrected chi connectivity index (χ1v) is 5.43.